The summed E-state index contributed by atoms with van der Waals surface area (Å²) in [6.45, 7) is 2.04. The van der Waals surface area contributed by atoms with Crippen LogP contribution in [0.1, 0.15) is 48.1 Å². The van der Waals surface area contributed by atoms with Crippen LogP contribution in [0.25, 0.3) is 0 Å². The van der Waals surface area contributed by atoms with Crippen molar-refractivity contribution in [3.05, 3.63) is 70.8 Å². The molecule has 0 aromatic heterocycles. The monoisotopic (exact) mass is 446 g/mol. The van der Waals surface area contributed by atoms with Crippen molar-refractivity contribution < 1.29 is 31.1 Å². The van der Waals surface area contributed by atoms with Gasteiger partial charge in [-0.15, -0.1) is 0 Å². The lowest BCUT2D eigenvalue weighted by molar-refractivity contribution is -0.143. The van der Waals surface area contributed by atoms with E-state index in [0.29, 0.717) is 31.5 Å². The molecule has 9 heteroatoms. The van der Waals surface area contributed by atoms with Gasteiger partial charge in [0.25, 0.3) is 0 Å². The quantitative estimate of drug-likeness (QED) is 0.604. The summed E-state index contributed by atoms with van der Waals surface area (Å²) in [5.41, 5.74) is 3.39. The number of nitrogens with one attached hydrogen (secondary N) is 1. The third kappa shape index (κ3) is 5.58. The van der Waals surface area contributed by atoms with E-state index in [1.807, 2.05) is 30.3 Å². The predicted octanol–water partition coefficient (Wildman–Crippen LogP) is 5.41. The zero-order valence-corrected chi connectivity index (χ0v) is 16.9. The fraction of sp³-hybridized carbons (Fsp3) is 0.455. The average molecular weight is 446 g/mol. The standard InChI is InChI=1S/C22H24F6N2O/c1-14(15-9-17(21(23,24)25)11-18(10-15)22(26,27)28)31-13-20(8-7-19(29)12-30-20)16-5-3-2-4-6-16/h2-6,9-11,14,19,30H,7-8,12-13,29H2,1H3/t14-,19?,20-/m1/s1. The Morgan fingerprint density at radius 1 is 1.03 bits per heavy atom. The molecule has 3 nitrogen and oxygen atoms in total. The largest absolute Gasteiger partial charge is 0.416 e. The van der Waals surface area contributed by atoms with Gasteiger partial charge in [-0.2, -0.15) is 26.3 Å². The second-order valence-corrected chi connectivity index (χ2v) is 7.92. The van der Waals surface area contributed by atoms with E-state index in [2.05, 4.69) is 5.32 Å². The zero-order chi connectivity index (χ0) is 22.9. The molecular weight excluding hydrogens is 422 g/mol. The molecule has 1 fully saturated rings. The van der Waals surface area contributed by atoms with Crippen molar-refractivity contribution in [2.24, 2.45) is 5.73 Å². The highest BCUT2D eigenvalue weighted by Gasteiger charge is 2.39. The molecule has 0 aliphatic carbocycles. The van der Waals surface area contributed by atoms with Gasteiger partial charge in [-0.05, 0) is 49.1 Å². The number of halogens is 6. The predicted molar refractivity (Wildman–Crippen MR) is 104 cm³/mol. The van der Waals surface area contributed by atoms with Crippen LogP contribution in [-0.2, 0) is 22.6 Å². The molecule has 3 N–H and O–H groups in total. The van der Waals surface area contributed by atoms with Gasteiger partial charge in [0.05, 0.1) is 29.4 Å². The van der Waals surface area contributed by atoms with Gasteiger partial charge in [0, 0.05) is 12.6 Å². The van der Waals surface area contributed by atoms with E-state index >= 15 is 0 Å². The zero-order valence-electron chi connectivity index (χ0n) is 16.9. The first-order valence-electron chi connectivity index (χ1n) is 9.88. The van der Waals surface area contributed by atoms with Crippen LogP contribution in [-0.4, -0.2) is 19.2 Å². The SMILES string of the molecule is C[C@@H](OC[C@@]1(c2ccccc2)CCC(N)CN1)c1cc(C(F)(F)F)cc(C(F)(F)F)c1. The van der Waals surface area contributed by atoms with Gasteiger partial charge < -0.3 is 15.8 Å². The van der Waals surface area contributed by atoms with Gasteiger partial charge in [0.2, 0.25) is 0 Å². The minimum Gasteiger partial charge on any atom is -0.372 e. The molecule has 3 rings (SSSR count). The third-order valence-electron chi connectivity index (χ3n) is 5.63. The number of hydrogen-bond acceptors (Lipinski definition) is 3. The second kappa shape index (κ2) is 8.80. The first kappa shape index (κ1) is 23.6. The fourth-order valence-corrected chi connectivity index (χ4v) is 3.74. The van der Waals surface area contributed by atoms with E-state index in [1.165, 1.54) is 6.92 Å². The summed E-state index contributed by atoms with van der Waals surface area (Å²) in [6, 6.07) is 10.9. The molecule has 2 aromatic carbocycles. The molecule has 31 heavy (non-hydrogen) atoms. The van der Waals surface area contributed by atoms with Crippen molar-refractivity contribution in [3.63, 3.8) is 0 Å². The van der Waals surface area contributed by atoms with E-state index in [9.17, 15) is 26.3 Å². The van der Waals surface area contributed by atoms with Crippen molar-refractivity contribution in [2.75, 3.05) is 13.2 Å². The van der Waals surface area contributed by atoms with Crippen molar-refractivity contribution in [2.45, 2.75) is 49.8 Å². The van der Waals surface area contributed by atoms with Gasteiger partial charge in [-0.1, -0.05) is 30.3 Å². The van der Waals surface area contributed by atoms with Crippen LogP contribution < -0.4 is 11.1 Å². The van der Waals surface area contributed by atoms with Gasteiger partial charge >= 0.3 is 12.4 Å². The summed E-state index contributed by atoms with van der Waals surface area (Å²) in [5, 5.41) is 3.37. The summed E-state index contributed by atoms with van der Waals surface area (Å²) in [5.74, 6) is 0. The third-order valence-corrected chi connectivity index (χ3v) is 5.63. The second-order valence-electron chi connectivity index (χ2n) is 7.92. The number of rotatable bonds is 5. The lowest BCUT2D eigenvalue weighted by Crippen LogP contribution is -2.55. The fourth-order valence-electron chi connectivity index (χ4n) is 3.74. The molecule has 0 saturated carbocycles. The summed E-state index contributed by atoms with van der Waals surface area (Å²) in [4.78, 5) is 0. The smallest absolute Gasteiger partial charge is 0.372 e. The lowest BCUT2D eigenvalue weighted by atomic mass is 9.81. The Balaban J connectivity index is 1.87. The van der Waals surface area contributed by atoms with Crippen molar-refractivity contribution >= 4 is 0 Å². The number of piperidine rings is 1. The Hall–Kier alpha value is -2.10. The van der Waals surface area contributed by atoms with Gasteiger partial charge in [-0.25, -0.2) is 0 Å². The molecule has 1 saturated heterocycles. The average Bonchev–Trinajstić information content (AvgIpc) is 2.72. The van der Waals surface area contributed by atoms with Crippen LogP contribution in [0.5, 0.6) is 0 Å². The van der Waals surface area contributed by atoms with Gasteiger partial charge in [0.15, 0.2) is 0 Å². The molecule has 1 aliphatic heterocycles. The Labute approximate surface area is 176 Å². The van der Waals surface area contributed by atoms with E-state index in [0.717, 1.165) is 5.56 Å². The van der Waals surface area contributed by atoms with Crippen LogP contribution in [0.3, 0.4) is 0 Å². The highest BCUT2D eigenvalue weighted by molar-refractivity contribution is 5.35. The number of hydrogen-bond donors (Lipinski definition) is 2. The lowest BCUT2D eigenvalue weighted by Gasteiger charge is -2.41. The number of nitrogens with two attached hydrogens (primary N) is 1. The minimum atomic E-state index is -4.90. The van der Waals surface area contributed by atoms with Crippen LogP contribution >= 0.6 is 0 Å². The van der Waals surface area contributed by atoms with Crippen LogP contribution in [0.2, 0.25) is 0 Å². The molecule has 0 radical (unpaired) electrons. The maximum Gasteiger partial charge on any atom is 0.416 e. The first-order valence-corrected chi connectivity index (χ1v) is 9.88. The summed E-state index contributed by atoms with van der Waals surface area (Å²) < 4.78 is 84.8. The van der Waals surface area contributed by atoms with E-state index in [1.54, 1.807) is 0 Å². The molecule has 3 atom stereocenters. The molecule has 0 amide bonds. The molecule has 1 aliphatic rings. The van der Waals surface area contributed by atoms with Crippen LogP contribution in [0.4, 0.5) is 26.3 Å². The molecule has 1 unspecified atom stereocenters. The molecule has 0 spiro atoms. The number of ether oxygens (including phenoxy) is 1. The van der Waals surface area contributed by atoms with Crippen molar-refractivity contribution in [1.29, 1.82) is 0 Å². The molecule has 170 valence electrons. The van der Waals surface area contributed by atoms with E-state index < -0.39 is 35.1 Å². The maximum absolute atomic E-state index is 13.2. The van der Waals surface area contributed by atoms with Gasteiger partial charge in [-0.3, -0.25) is 0 Å². The highest BCUT2D eigenvalue weighted by Crippen LogP contribution is 2.38. The molecular formula is C22H24F6N2O. The summed E-state index contributed by atoms with van der Waals surface area (Å²) >= 11 is 0. The first-order chi connectivity index (χ1) is 14.4. The highest BCUT2D eigenvalue weighted by atomic mass is 19.4. The van der Waals surface area contributed by atoms with Crippen molar-refractivity contribution in [1.82, 2.24) is 5.32 Å². The Kier molecular flexibility index (Phi) is 6.69. The Bertz CT molecular complexity index is 842. The maximum atomic E-state index is 13.2. The van der Waals surface area contributed by atoms with E-state index in [-0.39, 0.29) is 24.3 Å². The van der Waals surface area contributed by atoms with Crippen LogP contribution in [0, 0.1) is 0 Å². The number of alkyl halides is 6. The van der Waals surface area contributed by atoms with Crippen molar-refractivity contribution in [3.8, 4) is 0 Å². The normalized spacial score (nSPS) is 23.5. The molecule has 1 heterocycles. The van der Waals surface area contributed by atoms with E-state index in [4.69, 9.17) is 10.5 Å². The Morgan fingerprint density at radius 3 is 2.10 bits per heavy atom. The summed E-state index contributed by atoms with van der Waals surface area (Å²) in [7, 11) is 0. The van der Waals surface area contributed by atoms with Crippen LogP contribution in [0.15, 0.2) is 48.5 Å². The topological polar surface area (TPSA) is 47.3 Å². The summed E-state index contributed by atoms with van der Waals surface area (Å²) in [6.07, 6.45) is -9.45. The Morgan fingerprint density at radius 2 is 1.61 bits per heavy atom. The number of benzene rings is 2. The molecule has 0 bridgehead atoms. The molecule has 2 aromatic rings. The van der Waals surface area contributed by atoms with Gasteiger partial charge in [0.1, 0.15) is 0 Å². The minimum absolute atomic E-state index is 0.0351.